The minimum absolute atomic E-state index is 0.0448. The van der Waals surface area contributed by atoms with Gasteiger partial charge in [0.05, 0.1) is 12.5 Å². The van der Waals surface area contributed by atoms with E-state index in [1.54, 1.807) is 12.1 Å². The maximum absolute atomic E-state index is 12.9. The Morgan fingerprint density at radius 1 is 1.04 bits per heavy atom. The Kier molecular flexibility index (Phi) is 6.82. The monoisotopic (exact) mass is 371 g/mol. The van der Waals surface area contributed by atoms with Gasteiger partial charge in [0.2, 0.25) is 0 Å². The second-order valence-corrected chi connectivity index (χ2v) is 6.86. The van der Waals surface area contributed by atoms with Crippen LogP contribution in [0.15, 0.2) is 48.5 Å². The van der Waals surface area contributed by atoms with E-state index in [4.69, 9.17) is 9.47 Å². The van der Waals surface area contributed by atoms with Gasteiger partial charge < -0.3 is 9.47 Å². The lowest BCUT2D eigenvalue weighted by molar-refractivity contribution is -0.149. The predicted octanol–water partition coefficient (Wildman–Crippen LogP) is 4.18. The minimum Gasteiger partial charge on any atom is -0.489 e. The molecule has 0 spiro atoms. The summed E-state index contributed by atoms with van der Waals surface area (Å²) in [6.07, 6.45) is 1.72. The van der Waals surface area contributed by atoms with E-state index in [0.717, 1.165) is 43.8 Å². The van der Waals surface area contributed by atoms with Gasteiger partial charge in [-0.3, -0.25) is 9.69 Å². The van der Waals surface area contributed by atoms with Crippen LogP contribution in [0.25, 0.3) is 0 Å². The highest BCUT2D eigenvalue weighted by Crippen LogP contribution is 2.21. The molecule has 0 aliphatic carbocycles. The number of carbonyl (C=O) groups is 1. The number of ether oxygens (including phenoxy) is 2. The average Bonchev–Trinajstić information content (AvgIpc) is 2.69. The molecule has 1 fully saturated rings. The zero-order chi connectivity index (χ0) is 19.1. The van der Waals surface area contributed by atoms with Gasteiger partial charge in [-0.1, -0.05) is 24.3 Å². The zero-order valence-electron chi connectivity index (χ0n) is 15.7. The molecule has 27 heavy (non-hydrogen) atoms. The van der Waals surface area contributed by atoms with Gasteiger partial charge in [-0.05, 0) is 68.2 Å². The Morgan fingerprint density at radius 2 is 1.67 bits per heavy atom. The number of esters is 1. The molecule has 0 saturated carbocycles. The van der Waals surface area contributed by atoms with Gasteiger partial charge in [0.15, 0.2) is 0 Å². The fourth-order valence-electron chi connectivity index (χ4n) is 3.28. The number of carbonyl (C=O) groups excluding carboxylic acids is 1. The molecule has 3 rings (SSSR count). The molecule has 4 nitrogen and oxygen atoms in total. The minimum atomic E-state index is -0.241. The van der Waals surface area contributed by atoms with E-state index in [9.17, 15) is 9.18 Å². The van der Waals surface area contributed by atoms with Gasteiger partial charge in [-0.2, -0.15) is 0 Å². The Bertz CT molecular complexity index is 722. The highest BCUT2D eigenvalue weighted by molar-refractivity contribution is 5.72. The Morgan fingerprint density at radius 3 is 2.30 bits per heavy atom. The molecule has 144 valence electrons. The maximum Gasteiger partial charge on any atom is 0.309 e. The average molecular weight is 371 g/mol. The first-order valence-corrected chi connectivity index (χ1v) is 9.49. The lowest BCUT2D eigenvalue weighted by Crippen LogP contribution is -2.36. The first kappa shape index (κ1) is 19.4. The highest BCUT2D eigenvalue weighted by atomic mass is 19.1. The van der Waals surface area contributed by atoms with Gasteiger partial charge in [0.25, 0.3) is 0 Å². The van der Waals surface area contributed by atoms with Crippen molar-refractivity contribution in [2.24, 2.45) is 5.92 Å². The SMILES string of the molecule is CCOC(=O)C1CCN(Cc2ccc(OCc3ccc(F)cc3)cc2)CC1. The molecular formula is C22H26FNO3. The molecule has 2 aromatic carbocycles. The van der Waals surface area contributed by atoms with Crippen LogP contribution in [0.4, 0.5) is 4.39 Å². The molecule has 0 amide bonds. The second-order valence-electron chi connectivity index (χ2n) is 6.86. The quantitative estimate of drug-likeness (QED) is 0.685. The highest BCUT2D eigenvalue weighted by Gasteiger charge is 2.25. The third-order valence-corrected chi connectivity index (χ3v) is 4.86. The van der Waals surface area contributed by atoms with Gasteiger partial charge in [-0.15, -0.1) is 0 Å². The van der Waals surface area contributed by atoms with Gasteiger partial charge in [0.1, 0.15) is 18.2 Å². The fourth-order valence-corrected chi connectivity index (χ4v) is 3.28. The fraction of sp³-hybridized carbons (Fsp3) is 0.409. The van der Waals surface area contributed by atoms with Crippen molar-refractivity contribution in [2.45, 2.75) is 32.9 Å². The molecular weight excluding hydrogens is 345 g/mol. The topological polar surface area (TPSA) is 38.8 Å². The van der Waals surface area contributed by atoms with Crippen molar-refractivity contribution in [3.05, 3.63) is 65.5 Å². The summed E-state index contributed by atoms with van der Waals surface area (Å²) < 4.78 is 23.8. The lowest BCUT2D eigenvalue weighted by Gasteiger charge is -2.30. The van der Waals surface area contributed by atoms with Crippen molar-refractivity contribution in [2.75, 3.05) is 19.7 Å². The number of benzene rings is 2. The van der Waals surface area contributed by atoms with E-state index in [0.29, 0.717) is 13.2 Å². The number of nitrogens with zero attached hydrogens (tertiary/aromatic N) is 1. The molecule has 2 aromatic rings. The third-order valence-electron chi connectivity index (χ3n) is 4.86. The van der Waals surface area contributed by atoms with Crippen molar-refractivity contribution >= 4 is 5.97 Å². The number of likely N-dealkylation sites (tertiary alicyclic amines) is 1. The normalized spacial score (nSPS) is 15.5. The van der Waals surface area contributed by atoms with Crippen molar-refractivity contribution in [3.8, 4) is 5.75 Å². The van der Waals surface area contributed by atoms with Gasteiger partial charge in [0, 0.05) is 6.54 Å². The molecule has 1 aliphatic rings. The Balaban J connectivity index is 1.44. The molecule has 0 atom stereocenters. The van der Waals surface area contributed by atoms with E-state index in [-0.39, 0.29) is 17.7 Å². The molecule has 1 saturated heterocycles. The summed E-state index contributed by atoms with van der Waals surface area (Å²) in [5.74, 6) is 0.543. The van der Waals surface area contributed by atoms with Crippen LogP contribution < -0.4 is 4.74 Å². The predicted molar refractivity (Wildman–Crippen MR) is 102 cm³/mol. The van der Waals surface area contributed by atoms with E-state index in [1.165, 1.54) is 17.7 Å². The van der Waals surface area contributed by atoms with Crippen molar-refractivity contribution in [1.82, 2.24) is 4.90 Å². The number of piperidine rings is 1. The Hall–Kier alpha value is -2.40. The molecule has 0 unspecified atom stereocenters. The Labute approximate surface area is 159 Å². The van der Waals surface area contributed by atoms with Crippen LogP contribution in [-0.4, -0.2) is 30.6 Å². The van der Waals surface area contributed by atoms with E-state index in [1.807, 2.05) is 19.1 Å². The van der Waals surface area contributed by atoms with Crippen LogP contribution in [0.3, 0.4) is 0 Å². The largest absolute Gasteiger partial charge is 0.489 e. The first-order valence-electron chi connectivity index (χ1n) is 9.49. The summed E-state index contributed by atoms with van der Waals surface area (Å²) in [6, 6.07) is 14.4. The maximum atomic E-state index is 12.9. The molecule has 1 heterocycles. The summed E-state index contributed by atoms with van der Waals surface area (Å²) in [6.45, 7) is 5.40. The second kappa shape index (κ2) is 9.51. The summed E-state index contributed by atoms with van der Waals surface area (Å²) >= 11 is 0. The van der Waals surface area contributed by atoms with E-state index < -0.39 is 0 Å². The van der Waals surface area contributed by atoms with Crippen LogP contribution >= 0.6 is 0 Å². The summed E-state index contributed by atoms with van der Waals surface area (Å²) in [5, 5.41) is 0. The van der Waals surface area contributed by atoms with Crippen molar-refractivity contribution < 1.29 is 18.7 Å². The van der Waals surface area contributed by atoms with Crippen LogP contribution in [0.2, 0.25) is 0 Å². The lowest BCUT2D eigenvalue weighted by atomic mass is 9.96. The summed E-state index contributed by atoms with van der Waals surface area (Å²) in [5.41, 5.74) is 2.16. The van der Waals surface area contributed by atoms with E-state index >= 15 is 0 Å². The van der Waals surface area contributed by atoms with Crippen LogP contribution in [0, 0.1) is 11.7 Å². The van der Waals surface area contributed by atoms with Crippen LogP contribution in [0.5, 0.6) is 5.75 Å². The van der Waals surface area contributed by atoms with Crippen LogP contribution in [0.1, 0.15) is 30.9 Å². The van der Waals surface area contributed by atoms with Crippen molar-refractivity contribution in [3.63, 3.8) is 0 Å². The molecule has 0 radical (unpaired) electrons. The zero-order valence-corrected chi connectivity index (χ0v) is 15.7. The molecule has 1 aliphatic heterocycles. The molecule has 5 heteroatoms. The third kappa shape index (κ3) is 5.79. The molecule has 0 N–H and O–H groups in total. The van der Waals surface area contributed by atoms with Gasteiger partial charge >= 0.3 is 5.97 Å². The van der Waals surface area contributed by atoms with Crippen LogP contribution in [-0.2, 0) is 22.7 Å². The van der Waals surface area contributed by atoms with Gasteiger partial charge in [-0.25, -0.2) is 4.39 Å². The number of rotatable bonds is 7. The van der Waals surface area contributed by atoms with Crippen molar-refractivity contribution in [1.29, 1.82) is 0 Å². The van der Waals surface area contributed by atoms with E-state index in [2.05, 4.69) is 17.0 Å². The molecule has 0 aromatic heterocycles. The number of hydrogen-bond donors (Lipinski definition) is 0. The summed E-state index contributed by atoms with van der Waals surface area (Å²) in [4.78, 5) is 14.2. The number of hydrogen-bond acceptors (Lipinski definition) is 4. The smallest absolute Gasteiger partial charge is 0.309 e. The first-order chi connectivity index (χ1) is 13.1. The molecule has 0 bridgehead atoms. The summed E-state index contributed by atoms with van der Waals surface area (Å²) in [7, 11) is 0. The number of halogens is 1. The standard InChI is InChI=1S/C22H26FNO3/c1-2-26-22(25)19-11-13-24(14-12-19)15-17-5-9-21(10-6-17)27-16-18-3-7-20(23)8-4-18/h3-10,19H,2,11-16H2,1H3.